The quantitative estimate of drug-likeness (QED) is 0.667. The standard InChI is InChI=1S/C13H5Cl2NO5/c14-4-3-6-12(9(15)10(4)18)21-11-5(16-6)1-2-7(17)8(11)13(19)20/h1-3,18H,(H,19,20). The van der Waals surface area contributed by atoms with Gasteiger partial charge < -0.3 is 14.6 Å². The van der Waals surface area contributed by atoms with Crippen LogP contribution in [-0.4, -0.2) is 21.2 Å². The Labute approximate surface area is 126 Å². The monoisotopic (exact) mass is 325 g/mol. The molecule has 2 N–H and O–H groups in total. The van der Waals surface area contributed by atoms with Gasteiger partial charge in [0.2, 0.25) is 0 Å². The van der Waals surface area contributed by atoms with Crippen molar-refractivity contribution in [3.63, 3.8) is 0 Å². The van der Waals surface area contributed by atoms with Crippen LogP contribution in [0.2, 0.25) is 10.0 Å². The van der Waals surface area contributed by atoms with Gasteiger partial charge in [-0.25, -0.2) is 9.78 Å². The molecule has 6 nitrogen and oxygen atoms in total. The van der Waals surface area contributed by atoms with Crippen molar-refractivity contribution in [2.24, 2.45) is 0 Å². The molecule has 21 heavy (non-hydrogen) atoms. The second-order valence-corrected chi connectivity index (χ2v) is 4.96. The van der Waals surface area contributed by atoms with E-state index in [1.54, 1.807) is 0 Å². The highest BCUT2D eigenvalue weighted by atomic mass is 35.5. The van der Waals surface area contributed by atoms with Gasteiger partial charge in [-0.1, -0.05) is 23.2 Å². The molecule has 0 saturated heterocycles. The van der Waals surface area contributed by atoms with Gasteiger partial charge in [-0.05, 0) is 18.2 Å². The molecule has 0 spiro atoms. The van der Waals surface area contributed by atoms with E-state index in [1.807, 2.05) is 0 Å². The molecule has 1 aromatic rings. The van der Waals surface area contributed by atoms with E-state index in [4.69, 9.17) is 32.7 Å². The summed E-state index contributed by atoms with van der Waals surface area (Å²) in [6, 6.07) is 3.75. The maximum absolute atomic E-state index is 11.6. The topological polar surface area (TPSA) is 101 Å². The van der Waals surface area contributed by atoms with Gasteiger partial charge in [0.25, 0.3) is 0 Å². The van der Waals surface area contributed by atoms with Crippen molar-refractivity contribution >= 4 is 40.3 Å². The van der Waals surface area contributed by atoms with Gasteiger partial charge in [0.15, 0.2) is 28.1 Å². The third kappa shape index (κ3) is 2.00. The van der Waals surface area contributed by atoms with Crippen LogP contribution in [0.15, 0.2) is 27.4 Å². The summed E-state index contributed by atoms with van der Waals surface area (Å²) in [5.74, 6) is -2.07. The molecular weight excluding hydrogens is 321 g/mol. The summed E-state index contributed by atoms with van der Waals surface area (Å²) in [5, 5.41) is 18.6. The number of halogens is 2. The van der Waals surface area contributed by atoms with E-state index in [0.717, 1.165) is 6.07 Å². The maximum atomic E-state index is 11.6. The van der Waals surface area contributed by atoms with Gasteiger partial charge in [0.1, 0.15) is 16.2 Å². The first-order valence-electron chi connectivity index (χ1n) is 5.58. The smallest absolute Gasteiger partial charge is 0.343 e. The summed E-state index contributed by atoms with van der Waals surface area (Å²) in [4.78, 5) is 27.0. The van der Waals surface area contributed by atoms with Gasteiger partial charge in [-0.15, -0.1) is 0 Å². The number of hydrogen-bond acceptors (Lipinski definition) is 5. The van der Waals surface area contributed by atoms with Crippen molar-refractivity contribution in [2.75, 3.05) is 0 Å². The number of nitrogens with zero attached hydrogens (tertiary/aromatic N) is 1. The normalized spacial score (nSPS) is 11.1. The minimum atomic E-state index is -1.44. The molecule has 0 unspecified atom stereocenters. The lowest BCUT2D eigenvalue weighted by atomic mass is 10.1. The number of aromatic carboxylic acids is 1. The molecule has 0 aromatic heterocycles. The lowest BCUT2D eigenvalue weighted by Gasteiger charge is -2.10. The number of phenols is 1. The molecule has 0 fully saturated rings. The van der Waals surface area contributed by atoms with Gasteiger partial charge in [0, 0.05) is 0 Å². The number of carbonyl (C=O) groups is 1. The summed E-state index contributed by atoms with van der Waals surface area (Å²) in [6.07, 6.45) is 0. The van der Waals surface area contributed by atoms with Gasteiger partial charge in [-0.3, -0.25) is 4.79 Å². The molecule has 0 radical (unpaired) electrons. The van der Waals surface area contributed by atoms with Crippen molar-refractivity contribution in [1.29, 1.82) is 0 Å². The van der Waals surface area contributed by atoms with Crippen LogP contribution in [0.1, 0.15) is 10.4 Å². The van der Waals surface area contributed by atoms with Crippen LogP contribution in [0.4, 0.5) is 0 Å². The number of hydrogen-bond donors (Lipinski definition) is 2. The fourth-order valence-electron chi connectivity index (χ4n) is 1.94. The molecule has 8 heteroatoms. The average molecular weight is 326 g/mol. The van der Waals surface area contributed by atoms with Crippen molar-refractivity contribution in [3.8, 4) is 17.2 Å². The Balaban J connectivity index is 2.54. The van der Waals surface area contributed by atoms with E-state index in [-0.39, 0.29) is 32.6 Å². The molecule has 1 heterocycles. The maximum Gasteiger partial charge on any atom is 0.343 e. The number of carboxylic acids is 1. The molecule has 106 valence electrons. The zero-order chi connectivity index (χ0) is 15.3. The average Bonchev–Trinajstić information content (AvgIpc) is 2.43. The lowest BCUT2D eigenvalue weighted by Crippen LogP contribution is -2.16. The number of fused-ring (bicyclic) bond motifs is 2. The Bertz CT molecular complexity index is 934. The first-order valence-corrected chi connectivity index (χ1v) is 6.33. The van der Waals surface area contributed by atoms with E-state index in [0.29, 0.717) is 0 Å². The predicted molar refractivity (Wildman–Crippen MR) is 75.5 cm³/mol. The predicted octanol–water partition coefficient (Wildman–Crippen LogP) is 3.00. The van der Waals surface area contributed by atoms with Crippen LogP contribution in [0.25, 0.3) is 22.6 Å². The first kappa shape index (κ1) is 13.7. The van der Waals surface area contributed by atoms with E-state index >= 15 is 0 Å². The minimum absolute atomic E-state index is 0.0200. The Kier molecular flexibility index (Phi) is 3.00. The van der Waals surface area contributed by atoms with Crippen molar-refractivity contribution in [1.82, 2.24) is 4.98 Å². The molecule has 0 saturated carbocycles. The molecule has 3 rings (SSSR count). The Morgan fingerprint density at radius 1 is 1.29 bits per heavy atom. The second kappa shape index (κ2) is 4.61. The number of aromatic hydroxyl groups is 1. The summed E-state index contributed by atoms with van der Waals surface area (Å²) in [6.45, 7) is 0. The van der Waals surface area contributed by atoms with E-state index in [9.17, 15) is 14.7 Å². The molecule has 1 aliphatic heterocycles. The van der Waals surface area contributed by atoms with Crippen molar-refractivity contribution < 1.29 is 19.4 Å². The van der Waals surface area contributed by atoms with E-state index in [2.05, 4.69) is 4.98 Å². The van der Waals surface area contributed by atoms with Crippen molar-refractivity contribution in [3.05, 3.63) is 44.0 Å². The van der Waals surface area contributed by atoms with Gasteiger partial charge >= 0.3 is 5.97 Å². The molecule has 1 aliphatic carbocycles. The van der Waals surface area contributed by atoms with E-state index in [1.165, 1.54) is 12.1 Å². The van der Waals surface area contributed by atoms with Gasteiger partial charge in [-0.2, -0.15) is 0 Å². The molecule has 0 amide bonds. The lowest BCUT2D eigenvalue weighted by molar-refractivity contribution is 0.0694. The third-order valence-electron chi connectivity index (χ3n) is 2.89. The van der Waals surface area contributed by atoms with Crippen LogP contribution in [0.5, 0.6) is 5.75 Å². The largest absolute Gasteiger partial charge is 0.505 e. The molecule has 1 aromatic carbocycles. The fraction of sp³-hybridized carbons (Fsp3) is 0. The minimum Gasteiger partial charge on any atom is -0.505 e. The van der Waals surface area contributed by atoms with Crippen LogP contribution in [-0.2, 0) is 0 Å². The Morgan fingerprint density at radius 2 is 2.00 bits per heavy atom. The third-order valence-corrected chi connectivity index (χ3v) is 3.53. The highest BCUT2D eigenvalue weighted by molar-refractivity contribution is 6.40. The van der Waals surface area contributed by atoms with Crippen LogP contribution >= 0.6 is 23.2 Å². The van der Waals surface area contributed by atoms with Crippen LogP contribution in [0.3, 0.4) is 0 Å². The second-order valence-electron chi connectivity index (χ2n) is 4.18. The number of benzene rings is 2. The number of phenolic OH excluding ortho intramolecular Hbond substituents is 1. The van der Waals surface area contributed by atoms with E-state index < -0.39 is 22.7 Å². The summed E-state index contributed by atoms with van der Waals surface area (Å²) in [7, 11) is 0. The number of aromatic nitrogens is 1. The number of rotatable bonds is 1. The summed E-state index contributed by atoms with van der Waals surface area (Å²) < 4.78 is 5.39. The van der Waals surface area contributed by atoms with Gasteiger partial charge in [0.05, 0.1) is 5.02 Å². The molecule has 0 bridgehead atoms. The summed E-state index contributed by atoms with van der Waals surface area (Å²) >= 11 is 11.7. The molecule has 0 atom stereocenters. The molecular formula is C13H5Cl2NO5. The number of carboxylic acid groups (broad SMARTS) is 1. The molecule has 2 aliphatic rings. The summed E-state index contributed by atoms with van der Waals surface area (Å²) in [5.41, 5.74) is -0.927. The Hall–Kier alpha value is -2.31. The van der Waals surface area contributed by atoms with Crippen LogP contribution < -0.4 is 5.43 Å². The van der Waals surface area contributed by atoms with Crippen LogP contribution in [0, 0.1) is 0 Å². The zero-order valence-electron chi connectivity index (χ0n) is 10.1. The Morgan fingerprint density at radius 3 is 2.67 bits per heavy atom. The highest BCUT2D eigenvalue weighted by Gasteiger charge is 2.23. The fourth-order valence-corrected chi connectivity index (χ4v) is 2.42. The highest BCUT2D eigenvalue weighted by Crippen LogP contribution is 2.39. The first-order chi connectivity index (χ1) is 9.90. The zero-order valence-corrected chi connectivity index (χ0v) is 11.6. The SMILES string of the molecule is O=C(O)c1c2oc3c(Cl)c(O)c(Cl)cc3nc-2ccc1=O. The van der Waals surface area contributed by atoms with Crippen molar-refractivity contribution in [2.45, 2.75) is 0 Å².